The molecule has 0 radical (unpaired) electrons. The average molecular weight is 403 g/mol. The van der Waals surface area contributed by atoms with Gasteiger partial charge in [0, 0.05) is 10.6 Å². The second-order valence-electron chi connectivity index (χ2n) is 4.63. The molecular weight excluding hydrogens is 393 g/mol. The van der Waals surface area contributed by atoms with Gasteiger partial charge < -0.3 is 4.74 Å². The third-order valence-electron chi connectivity index (χ3n) is 3.10. The molecule has 0 spiro atoms. The van der Waals surface area contributed by atoms with Crippen molar-refractivity contribution in [3.8, 4) is 16.6 Å². The Morgan fingerprint density at radius 1 is 1.33 bits per heavy atom. The second kappa shape index (κ2) is 7.11. The van der Waals surface area contributed by atoms with E-state index in [-0.39, 0.29) is 22.2 Å². The lowest BCUT2D eigenvalue weighted by Crippen LogP contribution is -2.06. The number of carbonyl (C=O) groups is 1. The third kappa shape index (κ3) is 3.28. The molecule has 0 amide bonds. The van der Waals surface area contributed by atoms with Crippen molar-refractivity contribution in [2.24, 2.45) is 0 Å². The molecule has 1 N–H and O–H groups in total. The van der Waals surface area contributed by atoms with Gasteiger partial charge in [-0.05, 0) is 25.1 Å². The third-order valence-corrected chi connectivity index (χ3v) is 4.77. The first-order chi connectivity index (χ1) is 11.5. The zero-order valence-electron chi connectivity index (χ0n) is 12.3. The van der Waals surface area contributed by atoms with Gasteiger partial charge in [0.15, 0.2) is 0 Å². The quantitative estimate of drug-likeness (QED) is 0.601. The lowest BCUT2D eigenvalue weighted by Gasteiger charge is -2.07. The Morgan fingerprint density at radius 2 is 2.12 bits per heavy atom. The van der Waals surface area contributed by atoms with Gasteiger partial charge in [0.05, 0.1) is 17.8 Å². The van der Waals surface area contributed by atoms with Crippen LogP contribution in [0.15, 0.2) is 24.4 Å². The highest BCUT2D eigenvalue weighted by Crippen LogP contribution is 2.35. The van der Waals surface area contributed by atoms with Crippen molar-refractivity contribution in [3.63, 3.8) is 0 Å². The number of hydrogen-bond donors (Lipinski definition) is 1. The molecule has 2 heterocycles. The van der Waals surface area contributed by atoms with Crippen LogP contribution in [0.25, 0.3) is 10.7 Å². The molecule has 0 atom stereocenters. The van der Waals surface area contributed by atoms with Crippen LogP contribution >= 0.6 is 46.1 Å². The molecule has 0 unspecified atom stereocenters. The van der Waals surface area contributed by atoms with Crippen LogP contribution in [0.1, 0.15) is 22.8 Å². The fraction of sp³-hybridized carbons (Fsp3) is 0.133. The standard InChI is InChI=1S/C15H10Cl3N3O2S/c1-2-23-14-11(12(20-21-14)15-19-6-10(18)24-15)13(22)8-4-3-7(16)5-9(8)17/h3-6H,2H2,1H3,(H,20,21). The largest absolute Gasteiger partial charge is 0.478 e. The van der Waals surface area contributed by atoms with Gasteiger partial charge in [0.1, 0.15) is 20.6 Å². The number of H-pyrrole nitrogens is 1. The van der Waals surface area contributed by atoms with Crippen LogP contribution in [-0.4, -0.2) is 27.6 Å². The lowest BCUT2D eigenvalue weighted by molar-refractivity contribution is 0.103. The van der Waals surface area contributed by atoms with Crippen LogP contribution in [-0.2, 0) is 0 Å². The first-order valence-corrected chi connectivity index (χ1v) is 8.79. The summed E-state index contributed by atoms with van der Waals surface area (Å²) in [6.45, 7) is 2.18. The topological polar surface area (TPSA) is 67.9 Å². The highest BCUT2D eigenvalue weighted by molar-refractivity contribution is 7.18. The number of carbonyl (C=O) groups excluding carboxylic acids is 1. The Morgan fingerprint density at radius 3 is 2.75 bits per heavy atom. The molecule has 3 rings (SSSR count). The molecular formula is C15H10Cl3N3O2S. The average Bonchev–Trinajstić information content (AvgIpc) is 3.13. The summed E-state index contributed by atoms with van der Waals surface area (Å²) in [5, 5.41) is 8.09. The summed E-state index contributed by atoms with van der Waals surface area (Å²) in [7, 11) is 0. The van der Waals surface area contributed by atoms with Crippen LogP contribution in [0.5, 0.6) is 5.88 Å². The van der Waals surface area contributed by atoms with Crippen molar-refractivity contribution < 1.29 is 9.53 Å². The molecule has 1 aromatic carbocycles. The van der Waals surface area contributed by atoms with E-state index in [4.69, 9.17) is 39.5 Å². The van der Waals surface area contributed by atoms with Gasteiger partial charge >= 0.3 is 0 Å². The minimum absolute atomic E-state index is 0.249. The van der Waals surface area contributed by atoms with E-state index in [0.29, 0.717) is 32.2 Å². The van der Waals surface area contributed by atoms with Gasteiger partial charge in [-0.15, -0.1) is 11.3 Å². The fourth-order valence-corrected chi connectivity index (χ4v) is 3.51. The molecule has 0 aliphatic rings. The van der Waals surface area contributed by atoms with Crippen LogP contribution in [0, 0.1) is 0 Å². The maximum atomic E-state index is 13.0. The minimum Gasteiger partial charge on any atom is -0.478 e. The van der Waals surface area contributed by atoms with E-state index in [1.165, 1.54) is 23.6 Å². The smallest absolute Gasteiger partial charge is 0.221 e. The Bertz CT molecular complexity index is 907. The molecule has 5 nitrogen and oxygen atoms in total. The van der Waals surface area contributed by atoms with Crippen LogP contribution in [0.3, 0.4) is 0 Å². The number of ketones is 1. The molecule has 0 fully saturated rings. The highest BCUT2D eigenvalue weighted by atomic mass is 35.5. The summed E-state index contributed by atoms with van der Waals surface area (Å²) in [6, 6.07) is 4.67. The predicted octanol–water partition coefficient (Wildman–Crippen LogP) is 5.12. The summed E-state index contributed by atoms with van der Waals surface area (Å²) < 4.78 is 5.98. The molecule has 0 saturated carbocycles. The number of benzene rings is 1. The van der Waals surface area contributed by atoms with E-state index in [1.807, 2.05) is 6.92 Å². The fourth-order valence-electron chi connectivity index (χ4n) is 2.11. The van der Waals surface area contributed by atoms with Crippen molar-refractivity contribution in [2.75, 3.05) is 6.61 Å². The second-order valence-corrected chi connectivity index (χ2v) is 7.14. The Hall–Kier alpha value is -1.60. The lowest BCUT2D eigenvalue weighted by atomic mass is 10.0. The summed E-state index contributed by atoms with van der Waals surface area (Å²) in [6.07, 6.45) is 1.50. The van der Waals surface area contributed by atoms with Crippen LogP contribution in [0.2, 0.25) is 14.4 Å². The first-order valence-electron chi connectivity index (χ1n) is 6.83. The highest BCUT2D eigenvalue weighted by Gasteiger charge is 2.27. The number of ether oxygens (including phenoxy) is 1. The minimum atomic E-state index is -0.338. The Balaban J connectivity index is 2.14. The van der Waals surface area contributed by atoms with Crippen molar-refractivity contribution in [1.29, 1.82) is 0 Å². The Kier molecular flexibility index (Phi) is 5.10. The van der Waals surface area contributed by atoms with E-state index >= 15 is 0 Å². The molecule has 9 heteroatoms. The zero-order chi connectivity index (χ0) is 17.3. The molecule has 124 valence electrons. The molecule has 2 aromatic heterocycles. The summed E-state index contributed by atoms with van der Waals surface area (Å²) in [5.74, 6) is -0.0787. The zero-order valence-corrected chi connectivity index (χ0v) is 15.4. The van der Waals surface area contributed by atoms with E-state index in [0.717, 1.165) is 0 Å². The maximum Gasteiger partial charge on any atom is 0.221 e. The van der Waals surface area contributed by atoms with Crippen molar-refractivity contribution in [1.82, 2.24) is 15.2 Å². The number of nitrogens with zero attached hydrogens (tertiary/aromatic N) is 2. The van der Waals surface area contributed by atoms with Gasteiger partial charge in [-0.1, -0.05) is 34.8 Å². The van der Waals surface area contributed by atoms with Gasteiger partial charge in [-0.25, -0.2) is 10.1 Å². The van der Waals surface area contributed by atoms with Gasteiger partial charge in [0.25, 0.3) is 0 Å². The number of halogens is 3. The maximum absolute atomic E-state index is 13.0. The number of nitrogens with one attached hydrogen (secondary N) is 1. The van der Waals surface area contributed by atoms with Gasteiger partial charge in [-0.3, -0.25) is 4.79 Å². The van der Waals surface area contributed by atoms with Crippen LogP contribution < -0.4 is 4.74 Å². The van der Waals surface area contributed by atoms with E-state index in [1.54, 1.807) is 12.1 Å². The first kappa shape index (κ1) is 17.2. The van der Waals surface area contributed by atoms with Gasteiger partial charge in [-0.2, -0.15) is 5.10 Å². The van der Waals surface area contributed by atoms with E-state index < -0.39 is 0 Å². The van der Waals surface area contributed by atoms with E-state index in [9.17, 15) is 4.79 Å². The molecule has 0 bridgehead atoms. The monoisotopic (exact) mass is 401 g/mol. The predicted molar refractivity (Wildman–Crippen MR) is 95.8 cm³/mol. The number of aromatic amines is 1. The van der Waals surface area contributed by atoms with Crippen molar-refractivity contribution >= 4 is 51.9 Å². The van der Waals surface area contributed by atoms with E-state index in [2.05, 4.69) is 15.2 Å². The summed E-state index contributed by atoms with van der Waals surface area (Å²) in [4.78, 5) is 17.2. The molecule has 0 saturated heterocycles. The number of hydrogen-bond acceptors (Lipinski definition) is 5. The number of rotatable bonds is 5. The SMILES string of the molecule is CCOc1[nH]nc(-c2ncc(Cl)s2)c1C(=O)c1ccc(Cl)cc1Cl. The van der Waals surface area contributed by atoms with Crippen molar-refractivity contribution in [2.45, 2.75) is 6.92 Å². The van der Waals surface area contributed by atoms with Crippen molar-refractivity contribution in [3.05, 3.63) is 49.9 Å². The Labute approximate surface area is 156 Å². The summed E-state index contributed by atoms with van der Waals surface area (Å²) >= 11 is 19.2. The normalized spacial score (nSPS) is 10.8. The number of aromatic nitrogens is 3. The number of thiazole rings is 1. The van der Waals surface area contributed by atoms with Gasteiger partial charge in [0.2, 0.25) is 11.7 Å². The van der Waals surface area contributed by atoms with Crippen LogP contribution in [0.4, 0.5) is 0 Å². The molecule has 0 aliphatic carbocycles. The summed E-state index contributed by atoms with van der Waals surface area (Å²) in [5.41, 5.74) is 0.922. The molecule has 0 aliphatic heterocycles. The molecule has 24 heavy (non-hydrogen) atoms. The molecule has 3 aromatic rings.